The Morgan fingerprint density at radius 2 is 1.71 bits per heavy atom. The molecule has 0 heterocycles. The van der Waals surface area contributed by atoms with Crippen molar-refractivity contribution in [3.63, 3.8) is 0 Å². The van der Waals surface area contributed by atoms with Crippen molar-refractivity contribution in [1.82, 2.24) is 0 Å². The van der Waals surface area contributed by atoms with Gasteiger partial charge in [0, 0.05) is 17.2 Å². The molecule has 0 saturated heterocycles. The average Bonchev–Trinajstić information content (AvgIpc) is 2.83. The molecule has 0 saturated carbocycles. The van der Waals surface area contributed by atoms with E-state index in [-0.39, 0.29) is 16.3 Å². The highest BCUT2D eigenvalue weighted by molar-refractivity contribution is 7.87. The van der Waals surface area contributed by atoms with Crippen LogP contribution in [-0.2, 0) is 10.1 Å². The summed E-state index contributed by atoms with van der Waals surface area (Å²) >= 11 is 0. The number of aryl methyl sites for hydroxylation is 1. The number of benzene rings is 4. The molecule has 0 amide bonds. The van der Waals surface area contributed by atoms with E-state index in [1.807, 2.05) is 42.5 Å². The third kappa shape index (κ3) is 4.65. The van der Waals surface area contributed by atoms with Gasteiger partial charge in [0.15, 0.2) is 0 Å². The van der Waals surface area contributed by atoms with Crippen LogP contribution in [0.1, 0.15) is 16.7 Å². The third-order valence-corrected chi connectivity index (χ3v) is 6.51. The minimum absolute atomic E-state index is 0.0454. The predicted molar refractivity (Wildman–Crippen MR) is 130 cm³/mol. The first-order chi connectivity index (χ1) is 16.3. The molecule has 168 valence electrons. The van der Waals surface area contributed by atoms with Crippen molar-refractivity contribution < 1.29 is 17.5 Å². The molecule has 34 heavy (non-hydrogen) atoms. The molecule has 8 heteroatoms. The summed E-state index contributed by atoms with van der Waals surface area (Å²) in [4.78, 5) is 10.2. The Balaban J connectivity index is 1.61. The van der Waals surface area contributed by atoms with Crippen molar-refractivity contribution in [1.29, 1.82) is 5.26 Å². The van der Waals surface area contributed by atoms with Crippen molar-refractivity contribution in [2.45, 2.75) is 11.8 Å². The highest BCUT2D eigenvalue weighted by atomic mass is 32.2. The molecule has 0 aliphatic rings. The first-order valence-electron chi connectivity index (χ1n) is 10.2. The van der Waals surface area contributed by atoms with Crippen molar-refractivity contribution in [3.05, 3.63) is 112 Å². The fraction of sp³-hybridized carbons (Fsp3) is 0.0385. The first-order valence-corrected chi connectivity index (χ1v) is 11.6. The molecule has 0 aliphatic heterocycles. The van der Waals surface area contributed by atoms with Crippen LogP contribution in [-0.4, -0.2) is 13.3 Å². The normalized spacial score (nSPS) is 11.7. The minimum Gasteiger partial charge on any atom is -0.379 e. The maximum absolute atomic E-state index is 12.6. The van der Waals surface area contributed by atoms with E-state index in [1.165, 1.54) is 31.2 Å². The van der Waals surface area contributed by atoms with Crippen LogP contribution in [0.5, 0.6) is 5.75 Å². The molecule has 0 atom stereocenters. The van der Waals surface area contributed by atoms with Gasteiger partial charge in [-0.3, -0.25) is 10.1 Å². The SMILES string of the molecule is Cc1ccc(S(=O)(=O)Oc2ccc(/C=C(\C#N)c3cccc4ccccc34)cc2)cc1[N+](=O)[O-]. The molecular weight excluding hydrogens is 452 g/mol. The van der Waals surface area contributed by atoms with E-state index in [1.54, 1.807) is 18.2 Å². The van der Waals surface area contributed by atoms with Crippen LogP contribution < -0.4 is 4.18 Å². The largest absolute Gasteiger partial charge is 0.379 e. The van der Waals surface area contributed by atoms with Gasteiger partial charge in [-0.2, -0.15) is 13.7 Å². The number of hydrogen-bond acceptors (Lipinski definition) is 6. The summed E-state index contributed by atoms with van der Waals surface area (Å²) in [7, 11) is -4.27. The summed E-state index contributed by atoms with van der Waals surface area (Å²) in [5, 5.41) is 22.8. The van der Waals surface area contributed by atoms with E-state index >= 15 is 0 Å². The summed E-state index contributed by atoms with van der Waals surface area (Å²) in [6.07, 6.45) is 1.71. The molecule has 0 fully saturated rings. The van der Waals surface area contributed by atoms with E-state index in [0.717, 1.165) is 22.4 Å². The number of allylic oxidation sites excluding steroid dienone is 1. The lowest BCUT2D eigenvalue weighted by Gasteiger charge is -2.08. The van der Waals surface area contributed by atoms with E-state index < -0.39 is 15.0 Å². The highest BCUT2D eigenvalue weighted by Gasteiger charge is 2.21. The summed E-state index contributed by atoms with van der Waals surface area (Å²) in [6, 6.07) is 25.5. The second-order valence-corrected chi connectivity index (χ2v) is 9.05. The monoisotopic (exact) mass is 470 g/mol. The molecule has 0 spiro atoms. The topological polar surface area (TPSA) is 110 Å². The smallest absolute Gasteiger partial charge is 0.339 e. The van der Waals surface area contributed by atoms with E-state index in [4.69, 9.17) is 4.18 Å². The summed E-state index contributed by atoms with van der Waals surface area (Å²) in [5.74, 6) is 0.0454. The van der Waals surface area contributed by atoms with Gasteiger partial charge in [0.25, 0.3) is 5.69 Å². The van der Waals surface area contributed by atoms with Gasteiger partial charge in [0.1, 0.15) is 10.6 Å². The van der Waals surface area contributed by atoms with Crippen molar-refractivity contribution in [2.24, 2.45) is 0 Å². The Morgan fingerprint density at radius 3 is 2.41 bits per heavy atom. The van der Waals surface area contributed by atoms with E-state index in [2.05, 4.69) is 6.07 Å². The molecule has 0 radical (unpaired) electrons. The Bertz CT molecular complexity index is 1580. The zero-order valence-electron chi connectivity index (χ0n) is 18.0. The summed E-state index contributed by atoms with van der Waals surface area (Å²) < 4.78 is 30.4. The van der Waals surface area contributed by atoms with Gasteiger partial charge >= 0.3 is 10.1 Å². The fourth-order valence-corrected chi connectivity index (χ4v) is 4.48. The standard InChI is InChI=1S/C26H18N2O5S/c1-18-9-14-23(16-26(18)28(29)30)34(31,32)33-22-12-10-19(11-13-22)15-21(17-27)25-8-4-6-20-5-2-3-7-24(20)25/h2-16H,1H3/b21-15+. The number of hydrogen-bond donors (Lipinski definition) is 0. The van der Waals surface area contributed by atoms with Crippen LogP contribution in [0.15, 0.2) is 89.8 Å². The van der Waals surface area contributed by atoms with Crippen molar-refractivity contribution in [3.8, 4) is 11.8 Å². The van der Waals surface area contributed by atoms with Gasteiger partial charge in [0.2, 0.25) is 0 Å². The molecule has 0 unspecified atom stereocenters. The number of fused-ring (bicyclic) bond motifs is 1. The molecular formula is C26H18N2O5S. The molecule has 4 aromatic rings. The lowest BCUT2D eigenvalue weighted by atomic mass is 9.97. The molecule has 0 N–H and O–H groups in total. The van der Waals surface area contributed by atoms with E-state index in [9.17, 15) is 23.8 Å². The quantitative estimate of drug-likeness (QED) is 0.114. The van der Waals surface area contributed by atoms with Crippen LogP contribution in [0.2, 0.25) is 0 Å². The highest BCUT2D eigenvalue weighted by Crippen LogP contribution is 2.28. The van der Waals surface area contributed by atoms with Gasteiger partial charge in [-0.25, -0.2) is 0 Å². The average molecular weight is 471 g/mol. The summed E-state index contributed by atoms with van der Waals surface area (Å²) in [6.45, 7) is 1.52. The molecule has 4 aromatic carbocycles. The molecule has 4 rings (SSSR count). The van der Waals surface area contributed by atoms with E-state index in [0.29, 0.717) is 16.7 Å². The summed E-state index contributed by atoms with van der Waals surface area (Å²) in [5.41, 5.74) is 1.98. The van der Waals surface area contributed by atoms with Gasteiger partial charge in [-0.05, 0) is 47.5 Å². The number of rotatable bonds is 6. The Labute approximate surface area is 196 Å². The van der Waals surface area contributed by atoms with Crippen molar-refractivity contribution in [2.75, 3.05) is 0 Å². The first kappa shape index (κ1) is 22.7. The zero-order valence-corrected chi connectivity index (χ0v) is 18.8. The molecule has 0 aromatic heterocycles. The maximum atomic E-state index is 12.6. The maximum Gasteiger partial charge on any atom is 0.339 e. The van der Waals surface area contributed by atoms with Gasteiger partial charge in [-0.15, -0.1) is 0 Å². The number of nitriles is 1. The zero-order chi connectivity index (χ0) is 24.3. The number of nitro benzene ring substituents is 1. The van der Waals surface area contributed by atoms with Gasteiger partial charge in [0.05, 0.1) is 16.6 Å². The molecule has 0 bridgehead atoms. The van der Waals surface area contributed by atoms with Crippen LogP contribution in [0.25, 0.3) is 22.4 Å². The minimum atomic E-state index is -4.27. The second kappa shape index (κ2) is 9.17. The predicted octanol–water partition coefficient (Wildman–Crippen LogP) is 5.89. The van der Waals surface area contributed by atoms with Crippen LogP contribution >= 0.6 is 0 Å². The molecule has 0 aliphatic carbocycles. The number of nitro groups is 1. The van der Waals surface area contributed by atoms with Crippen LogP contribution in [0.3, 0.4) is 0 Å². The lowest BCUT2D eigenvalue weighted by molar-refractivity contribution is -0.385. The fourth-order valence-electron chi connectivity index (χ4n) is 3.53. The lowest BCUT2D eigenvalue weighted by Crippen LogP contribution is -2.10. The van der Waals surface area contributed by atoms with Gasteiger partial charge < -0.3 is 4.18 Å². The van der Waals surface area contributed by atoms with Crippen LogP contribution in [0, 0.1) is 28.4 Å². The second-order valence-electron chi connectivity index (χ2n) is 7.51. The molecule has 7 nitrogen and oxygen atoms in total. The number of nitrogens with zero attached hydrogens (tertiary/aromatic N) is 2. The van der Waals surface area contributed by atoms with Crippen molar-refractivity contribution >= 4 is 38.2 Å². The van der Waals surface area contributed by atoms with Crippen LogP contribution in [0.4, 0.5) is 5.69 Å². The Kier molecular flexibility index (Phi) is 6.13. The Morgan fingerprint density at radius 1 is 1.00 bits per heavy atom. The van der Waals surface area contributed by atoms with Gasteiger partial charge in [-0.1, -0.05) is 60.7 Å². The third-order valence-electron chi connectivity index (χ3n) is 5.26. The Hall–Kier alpha value is -4.48.